The van der Waals surface area contributed by atoms with Crippen LogP contribution in [0, 0.1) is 13.8 Å². The van der Waals surface area contributed by atoms with E-state index in [0.29, 0.717) is 12.4 Å². The lowest BCUT2D eigenvalue weighted by molar-refractivity contribution is 0.742. The molecule has 0 aliphatic carbocycles. The number of imidazole rings is 1. The second-order valence-electron chi connectivity index (χ2n) is 4.71. The molecule has 3 aromatic heterocycles. The Hall–Kier alpha value is -1.46. The standard InChI is InChI=1S/C14H15ClN4S/c1-9-3-4-11-14(17-9)19(12(18-11)5-6-15)8-13-16-7-10(2)20-13/h3-4,7H,5-6,8H2,1-2H3. The number of pyridine rings is 1. The minimum atomic E-state index is 0.555. The lowest BCUT2D eigenvalue weighted by Crippen LogP contribution is -2.06. The van der Waals surface area contributed by atoms with Crippen molar-refractivity contribution < 1.29 is 0 Å². The molecule has 104 valence electrons. The number of aryl methyl sites for hydroxylation is 3. The summed E-state index contributed by atoms with van der Waals surface area (Å²) >= 11 is 7.59. The highest BCUT2D eigenvalue weighted by atomic mass is 35.5. The molecule has 0 N–H and O–H groups in total. The molecular weight excluding hydrogens is 292 g/mol. The third-order valence-electron chi connectivity index (χ3n) is 3.09. The minimum absolute atomic E-state index is 0.555. The average Bonchev–Trinajstić information content (AvgIpc) is 2.96. The smallest absolute Gasteiger partial charge is 0.160 e. The van der Waals surface area contributed by atoms with Crippen molar-refractivity contribution in [3.05, 3.63) is 39.7 Å². The van der Waals surface area contributed by atoms with Crippen LogP contribution in [-0.2, 0) is 13.0 Å². The fourth-order valence-electron chi connectivity index (χ4n) is 2.19. The summed E-state index contributed by atoms with van der Waals surface area (Å²) in [5.41, 5.74) is 2.83. The minimum Gasteiger partial charge on any atom is -0.306 e. The van der Waals surface area contributed by atoms with Gasteiger partial charge < -0.3 is 4.57 Å². The first-order valence-corrected chi connectivity index (χ1v) is 7.82. The number of halogens is 1. The number of fused-ring (bicyclic) bond motifs is 1. The van der Waals surface area contributed by atoms with Gasteiger partial charge in [-0.2, -0.15) is 0 Å². The molecular formula is C14H15ClN4S. The van der Waals surface area contributed by atoms with Crippen LogP contribution in [0.25, 0.3) is 11.2 Å². The largest absolute Gasteiger partial charge is 0.306 e. The van der Waals surface area contributed by atoms with Gasteiger partial charge in [0, 0.05) is 29.1 Å². The molecule has 4 nitrogen and oxygen atoms in total. The highest BCUT2D eigenvalue weighted by molar-refractivity contribution is 7.11. The fraction of sp³-hybridized carbons (Fsp3) is 0.357. The first-order valence-electron chi connectivity index (χ1n) is 6.47. The van der Waals surface area contributed by atoms with Crippen molar-refractivity contribution in [3.8, 4) is 0 Å². The van der Waals surface area contributed by atoms with E-state index < -0.39 is 0 Å². The van der Waals surface area contributed by atoms with Crippen molar-refractivity contribution in [3.63, 3.8) is 0 Å². The average molecular weight is 307 g/mol. The Balaban J connectivity index is 2.09. The Morgan fingerprint density at radius 3 is 2.80 bits per heavy atom. The summed E-state index contributed by atoms with van der Waals surface area (Å²) in [6.07, 6.45) is 2.64. The van der Waals surface area contributed by atoms with Gasteiger partial charge in [-0.15, -0.1) is 22.9 Å². The van der Waals surface area contributed by atoms with Gasteiger partial charge in [0.15, 0.2) is 5.65 Å². The van der Waals surface area contributed by atoms with Gasteiger partial charge >= 0.3 is 0 Å². The van der Waals surface area contributed by atoms with Crippen LogP contribution in [-0.4, -0.2) is 25.4 Å². The summed E-state index contributed by atoms with van der Waals surface area (Å²) in [5, 5.41) is 1.07. The summed E-state index contributed by atoms with van der Waals surface area (Å²) in [5.74, 6) is 1.53. The van der Waals surface area contributed by atoms with Crippen molar-refractivity contribution in [2.24, 2.45) is 0 Å². The molecule has 0 aromatic carbocycles. The first kappa shape index (κ1) is 13.5. The van der Waals surface area contributed by atoms with Gasteiger partial charge in [0.05, 0.1) is 6.54 Å². The lowest BCUT2D eigenvalue weighted by atomic mass is 10.3. The summed E-state index contributed by atoms with van der Waals surface area (Å²) < 4.78 is 2.13. The van der Waals surface area contributed by atoms with E-state index in [4.69, 9.17) is 11.6 Å². The zero-order chi connectivity index (χ0) is 14.1. The van der Waals surface area contributed by atoms with E-state index in [2.05, 4.69) is 26.4 Å². The predicted molar refractivity (Wildman–Crippen MR) is 82.6 cm³/mol. The molecule has 3 heterocycles. The monoisotopic (exact) mass is 306 g/mol. The van der Waals surface area contributed by atoms with Crippen LogP contribution in [0.5, 0.6) is 0 Å². The van der Waals surface area contributed by atoms with E-state index in [1.807, 2.05) is 25.3 Å². The molecule has 0 radical (unpaired) electrons. The van der Waals surface area contributed by atoms with Crippen molar-refractivity contribution in [2.45, 2.75) is 26.8 Å². The maximum atomic E-state index is 5.89. The van der Waals surface area contributed by atoms with Crippen LogP contribution in [0.15, 0.2) is 18.3 Å². The van der Waals surface area contributed by atoms with Gasteiger partial charge in [-0.25, -0.2) is 15.0 Å². The highest BCUT2D eigenvalue weighted by Crippen LogP contribution is 2.20. The molecule has 0 amide bonds. The second-order valence-corrected chi connectivity index (χ2v) is 6.41. The molecule has 3 rings (SSSR count). The van der Waals surface area contributed by atoms with Gasteiger partial charge in [0.1, 0.15) is 16.3 Å². The first-order chi connectivity index (χ1) is 9.67. The molecule has 0 spiro atoms. The van der Waals surface area contributed by atoms with Crippen LogP contribution in [0.2, 0.25) is 0 Å². The zero-order valence-electron chi connectivity index (χ0n) is 11.4. The maximum absolute atomic E-state index is 5.89. The van der Waals surface area contributed by atoms with Crippen molar-refractivity contribution >= 4 is 34.1 Å². The van der Waals surface area contributed by atoms with Crippen molar-refractivity contribution in [1.82, 2.24) is 19.5 Å². The Kier molecular flexibility index (Phi) is 3.72. The van der Waals surface area contributed by atoms with Crippen LogP contribution < -0.4 is 0 Å². The van der Waals surface area contributed by atoms with E-state index >= 15 is 0 Å². The van der Waals surface area contributed by atoms with Gasteiger partial charge in [0.2, 0.25) is 0 Å². The Morgan fingerprint density at radius 2 is 2.10 bits per heavy atom. The van der Waals surface area contributed by atoms with Gasteiger partial charge in [-0.05, 0) is 26.0 Å². The summed E-state index contributed by atoms with van der Waals surface area (Å²) in [4.78, 5) is 14.9. The van der Waals surface area contributed by atoms with Gasteiger partial charge in [-0.3, -0.25) is 0 Å². The summed E-state index contributed by atoms with van der Waals surface area (Å²) in [6, 6.07) is 4.00. The number of thiazole rings is 1. The molecule has 0 saturated heterocycles. The molecule has 0 bridgehead atoms. The number of alkyl halides is 1. The lowest BCUT2D eigenvalue weighted by Gasteiger charge is -2.05. The predicted octanol–water partition coefficient (Wildman–Crippen LogP) is 3.33. The number of hydrogen-bond acceptors (Lipinski definition) is 4. The van der Waals surface area contributed by atoms with E-state index in [-0.39, 0.29) is 0 Å². The topological polar surface area (TPSA) is 43.6 Å². The second kappa shape index (κ2) is 5.50. The quantitative estimate of drug-likeness (QED) is 0.694. The van der Waals surface area contributed by atoms with E-state index in [0.717, 1.165) is 34.1 Å². The van der Waals surface area contributed by atoms with Crippen LogP contribution in [0.4, 0.5) is 0 Å². The molecule has 3 aromatic rings. The van der Waals surface area contributed by atoms with Crippen molar-refractivity contribution in [1.29, 1.82) is 0 Å². The molecule has 20 heavy (non-hydrogen) atoms. The Labute approximate surface area is 126 Å². The SMILES string of the molecule is Cc1ccc2nc(CCCl)n(Cc3ncc(C)s3)c2n1. The molecule has 0 unspecified atom stereocenters. The summed E-state index contributed by atoms with van der Waals surface area (Å²) in [6.45, 7) is 4.76. The number of rotatable bonds is 4. The zero-order valence-corrected chi connectivity index (χ0v) is 13.0. The van der Waals surface area contributed by atoms with Crippen LogP contribution in [0.3, 0.4) is 0 Å². The van der Waals surface area contributed by atoms with Crippen molar-refractivity contribution in [2.75, 3.05) is 5.88 Å². The fourth-order valence-corrected chi connectivity index (χ4v) is 3.14. The van der Waals surface area contributed by atoms with Crippen LogP contribution in [0.1, 0.15) is 21.4 Å². The number of nitrogens with zero attached hydrogens (tertiary/aromatic N) is 4. The molecule has 0 aliphatic rings. The third kappa shape index (κ3) is 2.55. The molecule has 0 aliphatic heterocycles. The molecule has 6 heteroatoms. The van der Waals surface area contributed by atoms with E-state index in [9.17, 15) is 0 Å². The maximum Gasteiger partial charge on any atom is 0.160 e. The Morgan fingerprint density at radius 1 is 1.25 bits per heavy atom. The number of hydrogen-bond donors (Lipinski definition) is 0. The third-order valence-corrected chi connectivity index (χ3v) is 4.18. The number of aromatic nitrogens is 4. The summed E-state index contributed by atoms with van der Waals surface area (Å²) in [7, 11) is 0. The van der Waals surface area contributed by atoms with E-state index in [1.165, 1.54) is 4.88 Å². The van der Waals surface area contributed by atoms with Gasteiger partial charge in [-0.1, -0.05) is 0 Å². The van der Waals surface area contributed by atoms with Crippen LogP contribution >= 0.6 is 22.9 Å². The molecule has 0 saturated carbocycles. The normalized spacial score (nSPS) is 11.3. The molecule has 0 atom stereocenters. The highest BCUT2D eigenvalue weighted by Gasteiger charge is 2.13. The molecule has 0 fully saturated rings. The van der Waals surface area contributed by atoms with E-state index in [1.54, 1.807) is 11.3 Å². The Bertz CT molecular complexity index is 747. The van der Waals surface area contributed by atoms with Gasteiger partial charge in [0.25, 0.3) is 0 Å².